The average Bonchev–Trinajstić information content (AvgIpc) is 3.27. The van der Waals surface area contributed by atoms with Crippen LogP contribution >= 0.6 is 11.8 Å². The second kappa shape index (κ2) is 9.23. The maximum Gasteiger partial charge on any atom is 0.263 e. The van der Waals surface area contributed by atoms with Crippen molar-refractivity contribution < 1.29 is 14.3 Å². The number of carbonyl (C=O) groups is 1. The molecular weight excluding hydrogens is 392 g/mol. The van der Waals surface area contributed by atoms with Gasteiger partial charge in [-0.1, -0.05) is 18.7 Å². The minimum atomic E-state index is -0.133. The first-order valence-corrected chi connectivity index (χ1v) is 11.1. The molecule has 156 valence electrons. The van der Waals surface area contributed by atoms with Gasteiger partial charge in [0.15, 0.2) is 10.8 Å². The summed E-state index contributed by atoms with van der Waals surface area (Å²) in [5.74, 6) is 0.267. The first-order valence-electron chi connectivity index (χ1n) is 10.1. The molecule has 2 saturated heterocycles. The number of ether oxygens (including phenoxy) is 2. The van der Waals surface area contributed by atoms with Gasteiger partial charge in [-0.05, 0) is 31.4 Å². The Morgan fingerprint density at radius 2 is 2.17 bits per heavy atom. The lowest BCUT2D eigenvalue weighted by atomic mass is 10.2. The summed E-state index contributed by atoms with van der Waals surface area (Å²) >= 11 is 1.29. The molecule has 2 aromatic rings. The number of pyridine rings is 1. The van der Waals surface area contributed by atoms with E-state index < -0.39 is 0 Å². The Hall–Kier alpha value is -1.97. The molecule has 29 heavy (non-hydrogen) atoms. The summed E-state index contributed by atoms with van der Waals surface area (Å²) in [7, 11) is 0. The van der Waals surface area contributed by atoms with Crippen LogP contribution in [0.5, 0.6) is 0 Å². The standard InChI is InChI=1S/C20H26N4O4S/c1-2-14-11-23(8-10-28-14)17(25)13-29-20-22-18-16(6-3-7-21-18)19(26)24(20)12-15-5-4-9-27-15/h3,6-7,14-15H,2,4-5,8-13H2,1H3. The van der Waals surface area contributed by atoms with Gasteiger partial charge >= 0.3 is 0 Å². The Morgan fingerprint density at radius 1 is 1.31 bits per heavy atom. The van der Waals surface area contributed by atoms with Crippen LogP contribution in [0.1, 0.15) is 26.2 Å². The lowest BCUT2D eigenvalue weighted by molar-refractivity contribution is -0.135. The fraction of sp³-hybridized carbons (Fsp3) is 0.600. The number of aromatic nitrogens is 3. The normalized spacial score (nSPS) is 22.3. The minimum absolute atomic E-state index is 0.00299. The highest BCUT2D eigenvalue weighted by molar-refractivity contribution is 7.99. The van der Waals surface area contributed by atoms with Crippen LogP contribution < -0.4 is 5.56 Å². The van der Waals surface area contributed by atoms with Gasteiger partial charge in [0.1, 0.15) is 0 Å². The van der Waals surface area contributed by atoms with Gasteiger partial charge in [-0.25, -0.2) is 9.97 Å². The van der Waals surface area contributed by atoms with Crippen molar-refractivity contribution >= 4 is 28.7 Å². The Kier molecular flexibility index (Phi) is 6.46. The van der Waals surface area contributed by atoms with Gasteiger partial charge in [0.05, 0.1) is 36.5 Å². The first-order chi connectivity index (χ1) is 14.2. The highest BCUT2D eigenvalue weighted by atomic mass is 32.2. The van der Waals surface area contributed by atoms with Crippen molar-refractivity contribution in [1.82, 2.24) is 19.4 Å². The third-order valence-electron chi connectivity index (χ3n) is 5.38. The minimum Gasteiger partial charge on any atom is -0.376 e. The second-order valence-corrected chi connectivity index (χ2v) is 8.29. The number of amides is 1. The number of nitrogens with zero attached hydrogens (tertiary/aromatic N) is 4. The van der Waals surface area contributed by atoms with Crippen molar-refractivity contribution in [2.45, 2.75) is 50.1 Å². The van der Waals surface area contributed by atoms with E-state index in [1.807, 2.05) is 4.90 Å². The predicted molar refractivity (Wildman–Crippen MR) is 110 cm³/mol. The van der Waals surface area contributed by atoms with Crippen LogP contribution in [0.2, 0.25) is 0 Å². The SMILES string of the molecule is CCC1CN(C(=O)CSc2nc3ncccc3c(=O)n2CC2CCCO2)CCO1. The fourth-order valence-electron chi connectivity index (χ4n) is 3.71. The summed E-state index contributed by atoms with van der Waals surface area (Å²) in [5, 5.41) is 1.01. The second-order valence-electron chi connectivity index (χ2n) is 7.35. The van der Waals surface area contributed by atoms with Gasteiger partial charge in [0.2, 0.25) is 5.91 Å². The molecule has 8 nitrogen and oxygen atoms in total. The number of morpholine rings is 1. The molecule has 0 aliphatic carbocycles. The topological polar surface area (TPSA) is 86.6 Å². The highest BCUT2D eigenvalue weighted by Gasteiger charge is 2.25. The summed E-state index contributed by atoms with van der Waals surface area (Å²) < 4.78 is 13.0. The lowest BCUT2D eigenvalue weighted by Crippen LogP contribution is -2.46. The van der Waals surface area contributed by atoms with Crippen molar-refractivity contribution in [2.24, 2.45) is 0 Å². The maximum atomic E-state index is 13.1. The third kappa shape index (κ3) is 4.62. The zero-order valence-corrected chi connectivity index (χ0v) is 17.4. The van der Waals surface area contributed by atoms with Crippen molar-refractivity contribution in [3.8, 4) is 0 Å². The predicted octanol–water partition coefficient (Wildman–Crippen LogP) is 1.70. The number of hydrogen-bond acceptors (Lipinski definition) is 7. The van der Waals surface area contributed by atoms with Crippen LogP contribution in [0.3, 0.4) is 0 Å². The summed E-state index contributed by atoms with van der Waals surface area (Å²) in [4.78, 5) is 36.5. The molecule has 2 aromatic heterocycles. The largest absolute Gasteiger partial charge is 0.376 e. The van der Waals surface area contributed by atoms with Crippen molar-refractivity contribution in [1.29, 1.82) is 0 Å². The van der Waals surface area contributed by atoms with Crippen LogP contribution in [0.25, 0.3) is 11.0 Å². The molecule has 1 amide bonds. The summed E-state index contributed by atoms with van der Waals surface area (Å²) in [6.45, 7) is 5.01. The van der Waals surface area contributed by atoms with E-state index in [0.29, 0.717) is 42.4 Å². The van der Waals surface area contributed by atoms with E-state index in [9.17, 15) is 9.59 Å². The molecule has 4 rings (SSSR count). The van der Waals surface area contributed by atoms with E-state index in [1.165, 1.54) is 11.8 Å². The Bertz CT molecular complexity index is 928. The van der Waals surface area contributed by atoms with Gasteiger partial charge in [0, 0.05) is 25.9 Å². The maximum absolute atomic E-state index is 13.1. The summed E-state index contributed by atoms with van der Waals surface area (Å²) in [5.41, 5.74) is 0.277. The van der Waals surface area contributed by atoms with Gasteiger partial charge < -0.3 is 14.4 Å². The number of hydrogen-bond donors (Lipinski definition) is 0. The molecule has 9 heteroatoms. The molecule has 2 atom stereocenters. The van der Waals surface area contributed by atoms with Gasteiger partial charge in [-0.2, -0.15) is 0 Å². The molecule has 0 aromatic carbocycles. The molecule has 2 fully saturated rings. The van der Waals surface area contributed by atoms with E-state index in [2.05, 4.69) is 16.9 Å². The van der Waals surface area contributed by atoms with Crippen LogP contribution in [0, 0.1) is 0 Å². The van der Waals surface area contributed by atoms with Crippen LogP contribution in [0.4, 0.5) is 0 Å². The quantitative estimate of drug-likeness (QED) is 0.521. The van der Waals surface area contributed by atoms with Crippen molar-refractivity contribution in [3.05, 3.63) is 28.7 Å². The number of thioether (sulfide) groups is 1. The van der Waals surface area contributed by atoms with Crippen LogP contribution in [-0.4, -0.2) is 69.6 Å². The van der Waals surface area contributed by atoms with Gasteiger partial charge in [0.25, 0.3) is 5.56 Å². The smallest absolute Gasteiger partial charge is 0.263 e. The number of carbonyl (C=O) groups excluding carboxylic acids is 1. The van der Waals surface area contributed by atoms with E-state index in [1.54, 1.807) is 22.9 Å². The van der Waals surface area contributed by atoms with E-state index >= 15 is 0 Å². The average molecular weight is 419 g/mol. The lowest BCUT2D eigenvalue weighted by Gasteiger charge is -2.32. The fourth-order valence-corrected chi connectivity index (χ4v) is 4.61. The van der Waals surface area contributed by atoms with Gasteiger partial charge in [-0.3, -0.25) is 14.2 Å². The van der Waals surface area contributed by atoms with E-state index in [0.717, 1.165) is 25.9 Å². The molecule has 2 aliphatic rings. The molecule has 0 saturated carbocycles. The van der Waals surface area contributed by atoms with E-state index in [4.69, 9.17) is 9.47 Å². The Morgan fingerprint density at radius 3 is 2.97 bits per heavy atom. The van der Waals surface area contributed by atoms with Crippen LogP contribution in [-0.2, 0) is 20.8 Å². The molecule has 2 unspecified atom stereocenters. The van der Waals surface area contributed by atoms with E-state index in [-0.39, 0.29) is 29.4 Å². The third-order valence-corrected chi connectivity index (χ3v) is 6.34. The zero-order chi connectivity index (χ0) is 20.2. The highest BCUT2D eigenvalue weighted by Crippen LogP contribution is 2.21. The van der Waals surface area contributed by atoms with Crippen molar-refractivity contribution in [3.63, 3.8) is 0 Å². The molecular formula is C20H26N4O4S. The van der Waals surface area contributed by atoms with Crippen LogP contribution in [0.15, 0.2) is 28.3 Å². The molecule has 4 heterocycles. The Labute approximate surface area is 173 Å². The van der Waals surface area contributed by atoms with Gasteiger partial charge in [-0.15, -0.1) is 0 Å². The monoisotopic (exact) mass is 418 g/mol. The number of fused-ring (bicyclic) bond motifs is 1. The Balaban J connectivity index is 1.55. The molecule has 0 radical (unpaired) electrons. The molecule has 0 spiro atoms. The molecule has 2 aliphatic heterocycles. The molecule has 0 bridgehead atoms. The summed E-state index contributed by atoms with van der Waals surface area (Å²) in [6.07, 6.45) is 4.53. The number of rotatable bonds is 6. The zero-order valence-electron chi connectivity index (χ0n) is 16.6. The summed E-state index contributed by atoms with van der Waals surface area (Å²) in [6, 6.07) is 3.47. The molecule has 0 N–H and O–H groups in total. The van der Waals surface area contributed by atoms with Crippen molar-refractivity contribution in [2.75, 3.05) is 32.1 Å². The first kappa shape index (κ1) is 20.3.